The number of methoxy groups -OCH3 is 2. The van der Waals surface area contributed by atoms with Gasteiger partial charge in [0.05, 0.1) is 25.5 Å². The normalized spacial score (nSPS) is 11.3. The highest BCUT2D eigenvalue weighted by molar-refractivity contribution is 7.18. The molecule has 10 heteroatoms. The van der Waals surface area contributed by atoms with Gasteiger partial charge in [0.25, 0.3) is 0 Å². The summed E-state index contributed by atoms with van der Waals surface area (Å²) in [5.74, 6) is 0.241. The first-order valence-electron chi connectivity index (χ1n) is 13.1. The highest BCUT2D eigenvalue weighted by Crippen LogP contribution is 2.38. The minimum Gasteiger partial charge on any atom is -0.497 e. The number of rotatable bonds is 10. The molecule has 1 aromatic heterocycles. The largest absolute Gasteiger partial charge is 0.497 e. The predicted molar refractivity (Wildman–Crippen MR) is 158 cm³/mol. The van der Waals surface area contributed by atoms with E-state index in [1.165, 1.54) is 30.3 Å². The van der Waals surface area contributed by atoms with Crippen LogP contribution in [0.4, 0.5) is 22.7 Å². The third-order valence-corrected chi connectivity index (χ3v) is 7.82. The molecule has 5 rings (SSSR count). The maximum atomic E-state index is 14.1. The van der Waals surface area contributed by atoms with E-state index < -0.39 is 23.3 Å². The Kier molecular flexibility index (Phi) is 8.77. The summed E-state index contributed by atoms with van der Waals surface area (Å²) < 4.78 is 65.5. The van der Waals surface area contributed by atoms with E-state index in [0.29, 0.717) is 29.7 Å². The van der Waals surface area contributed by atoms with Crippen molar-refractivity contribution in [2.75, 3.05) is 19.1 Å². The highest BCUT2D eigenvalue weighted by atomic mass is 32.1. The summed E-state index contributed by atoms with van der Waals surface area (Å²) >= 11 is 1.05. The van der Waals surface area contributed by atoms with Gasteiger partial charge in [-0.1, -0.05) is 59.9 Å². The molecule has 5 nitrogen and oxygen atoms in total. The maximum absolute atomic E-state index is 14.1. The van der Waals surface area contributed by atoms with Gasteiger partial charge in [-0.25, -0.2) is 9.37 Å². The van der Waals surface area contributed by atoms with E-state index in [-0.39, 0.29) is 21.7 Å². The summed E-state index contributed by atoms with van der Waals surface area (Å²) in [7, 11) is 3.15. The van der Waals surface area contributed by atoms with Gasteiger partial charge < -0.3 is 14.4 Å². The Morgan fingerprint density at radius 3 is 1.93 bits per heavy atom. The van der Waals surface area contributed by atoms with Crippen LogP contribution < -0.4 is 14.4 Å². The van der Waals surface area contributed by atoms with Gasteiger partial charge in [0.15, 0.2) is 5.13 Å². The number of ketones is 1. The van der Waals surface area contributed by atoms with Crippen molar-refractivity contribution in [3.05, 3.63) is 130 Å². The third-order valence-electron chi connectivity index (χ3n) is 6.71. The van der Waals surface area contributed by atoms with Crippen molar-refractivity contribution in [1.82, 2.24) is 4.98 Å². The van der Waals surface area contributed by atoms with E-state index in [0.717, 1.165) is 40.7 Å². The van der Waals surface area contributed by atoms with Crippen LogP contribution in [-0.2, 0) is 19.3 Å². The SMILES string of the molecule is COc1ccc(CN(Cc2ccc(OC)cc2)c2nc(-c3cccc(C(F)(F)F)c3)c(C(=O)c3cccc(F)c3)s2)cc1. The summed E-state index contributed by atoms with van der Waals surface area (Å²) in [5, 5.41) is 0.416. The predicted octanol–water partition coefficient (Wildman–Crippen LogP) is 8.42. The van der Waals surface area contributed by atoms with Crippen molar-refractivity contribution in [2.24, 2.45) is 0 Å². The molecular formula is C33H26F4N2O3S. The second-order valence-electron chi connectivity index (χ2n) is 9.64. The number of halogens is 4. The van der Waals surface area contributed by atoms with E-state index in [1.807, 2.05) is 53.4 Å². The third kappa shape index (κ3) is 7.03. The molecule has 0 unspecified atom stereocenters. The number of carbonyl (C=O) groups excluding carboxylic acids is 1. The quantitative estimate of drug-likeness (QED) is 0.118. The minimum absolute atomic E-state index is 0.0697. The molecule has 5 aromatic rings. The Bertz CT molecular complexity index is 1670. The summed E-state index contributed by atoms with van der Waals surface area (Å²) in [4.78, 5) is 20.5. The van der Waals surface area contributed by atoms with Gasteiger partial charge in [-0.2, -0.15) is 13.2 Å². The molecule has 0 radical (unpaired) electrons. The average Bonchev–Trinajstić information content (AvgIpc) is 3.46. The molecule has 0 aliphatic heterocycles. The smallest absolute Gasteiger partial charge is 0.416 e. The average molecular weight is 607 g/mol. The zero-order chi connectivity index (χ0) is 30.6. The Morgan fingerprint density at radius 2 is 1.40 bits per heavy atom. The van der Waals surface area contributed by atoms with Crippen LogP contribution in [0.15, 0.2) is 97.1 Å². The first-order chi connectivity index (χ1) is 20.6. The number of hydrogen-bond donors (Lipinski definition) is 0. The Morgan fingerprint density at radius 1 is 0.814 bits per heavy atom. The van der Waals surface area contributed by atoms with E-state index in [4.69, 9.17) is 14.5 Å². The summed E-state index contributed by atoms with van der Waals surface area (Å²) in [5.41, 5.74) is 1.27. The van der Waals surface area contributed by atoms with Crippen LogP contribution >= 0.6 is 11.3 Å². The molecule has 220 valence electrons. The zero-order valence-electron chi connectivity index (χ0n) is 23.2. The second kappa shape index (κ2) is 12.7. The zero-order valence-corrected chi connectivity index (χ0v) is 24.0. The molecule has 0 saturated carbocycles. The molecule has 0 spiro atoms. The fourth-order valence-corrected chi connectivity index (χ4v) is 5.54. The van der Waals surface area contributed by atoms with Crippen molar-refractivity contribution < 1.29 is 31.8 Å². The van der Waals surface area contributed by atoms with Crippen molar-refractivity contribution in [3.63, 3.8) is 0 Å². The number of hydrogen-bond acceptors (Lipinski definition) is 6. The van der Waals surface area contributed by atoms with Crippen molar-refractivity contribution in [3.8, 4) is 22.8 Å². The van der Waals surface area contributed by atoms with Crippen LogP contribution in [0.1, 0.15) is 31.9 Å². The molecule has 0 fully saturated rings. The number of alkyl halides is 3. The van der Waals surface area contributed by atoms with Crippen LogP contribution in [0, 0.1) is 5.82 Å². The Hall–Kier alpha value is -4.70. The van der Waals surface area contributed by atoms with E-state index in [2.05, 4.69) is 0 Å². The number of anilines is 1. The van der Waals surface area contributed by atoms with E-state index in [9.17, 15) is 22.4 Å². The molecule has 0 bridgehead atoms. The fourth-order valence-electron chi connectivity index (χ4n) is 4.49. The minimum atomic E-state index is -4.59. The lowest BCUT2D eigenvalue weighted by atomic mass is 10.0. The number of aromatic nitrogens is 1. The van der Waals surface area contributed by atoms with Gasteiger partial charge in [-0.15, -0.1) is 0 Å². The maximum Gasteiger partial charge on any atom is 0.416 e. The number of ether oxygens (including phenoxy) is 2. The van der Waals surface area contributed by atoms with E-state index >= 15 is 0 Å². The first kappa shape index (κ1) is 29.8. The van der Waals surface area contributed by atoms with Crippen LogP contribution in [0.25, 0.3) is 11.3 Å². The van der Waals surface area contributed by atoms with E-state index in [1.54, 1.807) is 14.2 Å². The van der Waals surface area contributed by atoms with Crippen molar-refractivity contribution >= 4 is 22.3 Å². The monoisotopic (exact) mass is 606 g/mol. The lowest BCUT2D eigenvalue weighted by Crippen LogP contribution is -2.22. The van der Waals surface area contributed by atoms with Crippen LogP contribution in [0.3, 0.4) is 0 Å². The summed E-state index contributed by atoms with van der Waals surface area (Å²) in [6.45, 7) is 0.748. The van der Waals surface area contributed by atoms with Crippen LogP contribution in [0.2, 0.25) is 0 Å². The second-order valence-corrected chi connectivity index (χ2v) is 10.6. The number of benzene rings is 4. The van der Waals surface area contributed by atoms with Crippen molar-refractivity contribution in [2.45, 2.75) is 19.3 Å². The molecule has 4 aromatic carbocycles. The fraction of sp³-hybridized carbons (Fsp3) is 0.152. The lowest BCUT2D eigenvalue weighted by molar-refractivity contribution is -0.137. The standard InChI is InChI=1S/C33H26F4N2O3S/c1-41-27-13-9-21(10-14-27)19-39(20-22-11-15-28(42-2)16-12-22)32-38-29(23-5-3-7-25(17-23)33(35,36)37)31(43-32)30(40)24-6-4-8-26(34)18-24/h3-18H,19-20H2,1-2H3. The molecule has 1 heterocycles. The van der Waals surface area contributed by atoms with Gasteiger partial charge in [0.2, 0.25) is 5.78 Å². The van der Waals surface area contributed by atoms with Crippen LogP contribution in [0.5, 0.6) is 11.5 Å². The van der Waals surface area contributed by atoms with Gasteiger partial charge in [-0.3, -0.25) is 4.79 Å². The Labute approximate surface area is 250 Å². The summed E-state index contributed by atoms with van der Waals surface area (Å²) in [6, 6.07) is 24.8. The van der Waals surface area contributed by atoms with Gasteiger partial charge in [-0.05, 0) is 59.7 Å². The molecule has 0 amide bonds. The van der Waals surface area contributed by atoms with Crippen molar-refractivity contribution in [1.29, 1.82) is 0 Å². The van der Waals surface area contributed by atoms with Gasteiger partial charge in [0, 0.05) is 24.2 Å². The highest BCUT2D eigenvalue weighted by Gasteiger charge is 2.32. The molecule has 0 aliphatic carbocycles. The lowest BCUT2D eigenvalue weighted by Gasteiger charge is -2.22. The molecule has 0 N–H and O–H groups in total. The topological polar surface area (TPSA) is 51.7 Å². The molecule has 43 heavy (non-hydrogen) atoms. The summed E-state index contributed by atoms with van der Waals surface area (Å²) in [6.07, 6.45) is -4.59. The number of thiazole rings is 1. The van der Waals surface area contributed by atoms with Crippen LogP contribution in [-0.4, -0.2) is 25.0 Å². The molecule has 0 atom stereocenters. The number of carbonyl (C=O) groups is 1. The molecule has 0 aliphatic rings. The number of nitrogens with zero attached hydrogens (tertiary/aromatic N) is 2. The van der Waals surface area contributed by atoms with Gasteiger partial charge in [0.1, 0.15) is 22.2 Å². The first-order valence-corrected chi connectivity index (χ1v) is 14.0. The molecule has 0 saturated heterocycles. The molecular weight excluding hydrogens is 580 g/mol. The Balaban J connectivity index is 1.62. The van der Waals surface area contributed by atoms with Gasteiger partial charge >= 0.3 is 6.18 Å².